The third-order valence-corrected chi connectivity index (χ3v) is 9.24. The number of esters is 1. The van der Waals surface area contributed by atoms with Crippen LogP contribution in [0.5, 0.6) is 46.0 Å². The Bertz CT molecular complexity index is 3580. The number of pyridine rings is 2. The maximum absolute atomic E-state index is 15.7. The minimum Gasteiger partial charge on any atom is -0.490 e. The second-order valence-electron chi connectivity index (χ2n) is 13.4. The number of hydrogen-bond donors (Lipinski definition) is 3. The van der Waals surface area contributed by atoms with E-state index >= 15 is 8.78 Å². The zero-order valence-corrected chi connectivity index (χ0v) is 36.9. The summed E-state index contributed by atoms with van der Waals surface area (Å²) in [5.41, 5.74) is -0.501. The van der Waals surface area contributed by atoms with E-state index in [1.54, 1.807) is 0 Å². The summed E-state index contributed by atoms with van der Waals surface area (Å²) in [6.07, 6.45) is -8.70. The lowest BCUT2D eigenvalue weighted by Gasteiger charge is -2.18. The van der Waals surface area contributed by atoms with Gasteiger partial charge in [-0.2, -0.15) is 8.78 Å². The average Bonchev–Trinajstić information content (AvgIpc) is 1.03. The number of alkyl halides is 6. The van der Waals surface area contributed by atoms with Crippen LogP contribution >= 0.6 is 23.2 Å². The lowest BCUT2D eigenvalue weighted by molar-refractivity contribution is -0.276. The van der Waals surface area contributed by atoms with Crippen molar-refractivity contribution in [1.82, 2.24) is 9.97 Å². The van der Waals surface area contributed by atoms with Crippen molar-refractivity contribution in [3.8, 4) is 46.0 Å². The van der Waals surface area contributed by atoms with Gasteiger partial charge < -0.3 is 49.5 Å². The molecule has 6 rings (SSSR count). The standard InChI is InChI=1S/C23H16ClF5N2O6.C22H15ClF5N3O5/c1-10-12(24)9-16(36-15-5-4-14(37-23(27,28)29)19(26)20(15)34-2)17(18(10)25)21(32)31-11-6-7-30-13(8-11)22(33)35-3;1-9-11(23)8-15(35-14-4-3-13(36-22(26,27)28)18(25)19(14)34-2)16(17(9)24)21(33)31-10-5-6-30-12(7-10)20(29)32/h4-9H,1-3H3,(H,30,31,32);3-8H,1-2H3,(H2,29,32)(H,30,31,33)/i2*1D3,2D3. The number of ether oxygens (including phenoxy) is 7. The number of nitrogens with two attached hydrogens (primary N) is 1. The first-order valence-corrected chi connectivity index (χ1v) is 19.5. The topological polar surface area (TPSA) is 209 Å². The molecule has 28 heteroatoms. The van der Waals surface area contributed by atoms with Gasteiger partial charge in [0.05, 0.1) is 39.5 Å². The molecule has 0 aliphatic carbocycles. The number of nitrogens with one attached hydrogen (secondary N) is 2. The van der Waals surface area contributed by atoms with Gasteiger partial charge in [-0.15, -0.1) is 26.3 Å². The van der Waals surface area contributed by atoms with E-state index < -0.39 is 166 Å². The predicted octanol–water partition coefficient (Wildman–Crippen LogP) is 11.4. The fraction of sp³-hybridized carbons (Fsp3) is 0.156. The van der Waals surface area contributed by atoms with Gasteiger partial charge in [-0.25, -0.2) is 18.6 Å². The summed E-state index contributed by atoms with van der Waals surface area (Å²) in [6, 6.07) is 7.33. The van der Waals surface area contributed by atoms with E-state index in [0.29, 0.717) is 36.4 Å². The summed E-state index contributed by atoms with van der Waals surface area (Å²) < 4.78 is 257. The highest BCUT2D eigenvalue weighted by molar-refractivity contribution is 6.32. The first kappa shape index (κ1) is 40.3. The number of rotatable bonds is 14. The Morgan fingerprint density at radius 1 is 0.589 bits per heavy atom. The molecule has 4 aromatic carbocycles. The number of anilines is 2. The smallest absolute Gasteiger partial charge is 0.490 e. The Kier molecular flexibility index (Phi) is 12.6. The zero-order chi connectivity index (χ0) is 64.3. The largest absolute Gasteiger partial charge is 0.573 e. The highest BCUT2D eigenvalue weighted by Gasteiger charge is 2.36. The van der Waals surface area contributed by atoms with E-state index in [-0.39, 0.29) is 22.8 Å². The Labute approximate surface area is 430 Å². The molecule has 0 saturated carbocycles. The van der Waals surface area contributed by atoms with E-state index in [9.17, 15) is 54.3 Å². The van der Waals surface area contributed by atoms with Crippen LogP contribution in [-0.2, 0) is 4.74 Å². The highest BCUT2D eigenvalue weighted by Crippen LogP contribution is 2.44. The number of halogens is 12. The number of carbonyl (C=O) groups excluding carboxylic acids is 4. The normalized spacial score (nSPS) is 14.2. The molecule has 0 bridgehead atoms. The fourth-order valence-corrected chi connectivity index (χ4v) is 5.93. The second-order valence-corrected chi connectivity index (χ2v) is 14.2. The van der Waals surface area contributed by atoms with E-state index in [1.165, 1.54) is 0 Å². The molecule has 0 radical (unpaired) electrons. The molecular formula is C45H31Cl2F10N5O11. The maximum Gasteiger partial charge on any atom is 0.573 e. The third kappa shape index (κ3) is 13.6. The molecule has 2 heterocycles. The molecule has 16 nitrogen and oxygen atoms in total. The van der Waals surface area contributed by atoms with Crippen LogP contribution < -0.4 is 44.8 Å². The van der Waals surface area contributed by atoms with Crippen LogP contribution in [0.3, 0.4) is 0 Å². The number of benzene rings is 4. The maximum atomic E-state index is 15.7. The van der Waals surface area contributed by atoms with Crippen LogP contribution in [0.1, 0.15) is 69.3 Å². The van der Waals surface area contributed by atoms with E-state index in [0.717, 1.165) is 43.8 Å². The molecular weight excluding hydrogens is 1050 g/mol. The summed E-state index contributed by atoms with van der Waals surface area (Å²) in [5.74, 6) is -22.2. The van der Waals surface area contributed by atoms with Gasteiger partial charge in [0, 0.05) is 55.3 Å². The fourth-order valence-electron chi connectivity index (χ4n) is 5.57. The number of primary amides is 1. The Morgan fingerprint density at radius 2 is 0.986 bits per heavy atom. The van der Waals surface area contributed by atoms with Crippen molar-refractivity contribution < 1.29 is 113 Å². The monoisotopic (exact) mass is 1090 g/mol. The van der Waals surface area contributed by atoms with Crippen molar-refractivity contribution in [3.05, 3.63) is 140 Å². The summed E-state index contributed by atoms with van der Waals surface area (Å²) in [6.45, 7) is -6.47. The number of aromatic nitrogens is 2. The molecule has 386 valence electrons. The Hall–Kier alpha value is -8.26. The summed E-state index contributed by atoms with van der Waals surface area (Å²) in [7, 11) is -5.89. The molecule has 0 fully saturated rings. The van der Waals surface area contributed by atoms with Crippen molar-refractivity contribution in [3.63, 3.8) is 0 Å². The second kappa shape index (κ2) is 22.9. The third-order valence-electron chi connectivity index (χ3n) is 8.65. The van der Waals surface area contributed by atoms with Crippen molar-refractivity contribution in [2.45, 2.75) is 26.4 Å². The van der Waals surface area contributed by atoms with Crippen LogP contribution in [-0.4, -0.2) is 67.6 Å². The van der Waals surface area contributed by atoms with E-state index in [4.69, 9.17) is 54.9 Å². The van der Waals surface area contributed by atoms with Gasteiger partial charge in [-0.3, -0.25) is 19.4 Å². The lowest BCUT2D eigenvalue weighted by Crippen LogP contribution is -2.18. The molecule has 0 atom stereocenters. The summed E-state index contributed by atoms with van der Waals surface area (Å²) in [4.78, 5) is 57.0. The van der Waals surface area contributed by atoms with Crippen molar-refractivity contribution in [2.75, 3.05) is 31.8 Å². The molecule has 3 amide bonds. The molecule has 0 unspecified atom stereocenters. The molecule has 6 aromatic rings. The van der Waals surface area contributed by atoms with Crippen LogP contribution in [0.4, 0.5) is 55.3 Å². The van der Waals surface area contributed by atoms with Crippen LogP contribution in [0.25, 0.3) is 0 Å². The zero-order valence-electron chi connectivity index (χ0n) is 47.4. The van der Waals surface area contributed by atoms with Gasteiger partial charge >= 0.3 is 18.7 Å². The SMILES string of the molecule is [2H]C([2H])([2H])Oc1c(Oc2cc(Cl)c(C([2H])([2H])[2H])c(F)c2C(=O)Nc2ccnc(C(=O)OC)c2)ccc(OC(F)(F)F)c1F.[2H]C([2H])([2H])Oc1c(Oc2cc(Cl)c(C([2H])([2H])[2H])c(F)c2C(=O)Nc2ccnc(C(N)=O)c2)ccc(OC(F)(F)F)c1F. The Morgan fingerprint density at radius 3 is 1.36 bits per heavy atom. The molecule has 0 saturated heterocycles. The minimum atomic E-state index is -5.41. The first-order chi connectivity index (χ1) is 38.9. The molecule has 0 aliphatic heterocycles. The van der Waals surface area contributed by atoms with Crippen LogP contribution in [0.15, 0.2) is 73.1 Å². The first-order valence-electron chi connectivity index (χ1n) is 24.8. The van der Waals surface area contributed by atoms with E-state index in [1.807, 2.05) is 0 Å². The predicted molar refractivity (Wildman–Crippen MR) is 236 cm³/mol. The number of methoxy groups -OCH3 is 3. The highest BCUT2D eigenvalue weighted by atomic mass is 35.5. The summed E-state index contributed by atoms with van der Waals surface area (Å²) >= 11 is 11.9. The number of nitrogens with zero attached hydrogens (tertiary/aromatic N) is 2. The van der Waals surface area contributed by atoms with E-state index in [2.05, 4.69) is 44.3 Å². The molecule has 2 aromatic heterocycles. The van der Waals surface area contributed by atoms with Crippen LogP contribution in [0.2, 0.25) is 10.0 Å². The van der Waals surface area contributed by atoms with Crippen molar-refractivity contribution in [1.29, 1.82) is 0 Å². The number of amides is 3. The van der Waals surface area contributed by atoms with Crippen molar-refractivity contribution in [2.24, 2.45) is 5.73 Å². The average molecular weight is 1090 g/mol. The quantitative estimate of drug-likeness (QED) is 0.0686. The van der Waals surface area contributed by atoms with Gasteiger partial charge in [0.1, 0.15) is 45.6 Å². The van der Waals surface area contributed by atoms with Gasteiger partial charge in [0.25, 0.3) is 17.7 Å². The molecule has 4 N–H and O–H groups in total. The minimum absolute atomic E-state index is 0.178. The van der Waals surface area contributed by atoms with Gasteiger partial charge in [0.2, 0.25) is 23.1 Å². The molecule has 0 spiro atoms. The van der Waals surface area contributed by atoms with Crippen LogP contribution in [0, 0.1) is 37.0 Å². The lowest BCUT2D eigenvalue weighted by atomic mass is 10.1. The summed E-state index contributed by atoms with van der Waals surface area (Å²) in [5, 5.41) is 2.67. The molecule has 73 heavy (non-hydrogen) atoms. The number of carbonyl (C=O) groups is 4. The Balaban J connectivity index is 0.000000311. The van der Waals surface area contributed by atoms with Gasteiger partial charge in [-0.1, -0.05) is 23.2 Å². The van der Waals surface area contributed by atoms with Crippen molar-refractivity contribution >= 4 is 58.3 Å². The van der Waals surface area contributed by atoms with Gasteiger partial charge in [0.15, 0.2) is 23.0 Å². The molecule has 0 aliphatic rings. The van der Waals surface area contributed by atoms with Gasteiger partial charge in [-0.05, 0) is 62.2 Å². The number of hydrogen-bond acceptors (Lipinski definition) is 13.